The van der Waals surface area contributed by atoms with E-state index in [2.05, 4.69) is 0 Å². The summed E-state index contributed by atoms with van der Waals surface area (Å²) in [6.07, 6.45) is 0. The van der Waals surface area contributed by atoms with Crippen molar-refractivity contribution in [2.45, 2.75) is 48.5 Å². The number of Topliss-reactive ketones (excluding diaryl/α,β-unsaturated/α-hetero) is 1. The van der Waals surface area contributed by atoms with Crippen molar-refractivity contribution in [3.05, 3.63) is 0 Å². The molecule has 0 aromatic carbocycles. The smallest absolute Gasteiger partial charge is 0.146 e. The Kier molecular flexibility index (Phi) is 3.55. The van der Waals surface area contributed by atoms with Crippen molar-refractivity contribution in [3.63, 3.8) is 0 Å². The molecule has 0 aliphatic heterocycles. The first-order chi connectivity index (χ1) is 5.97. The maximum Gasteiger partial charge on any atom is 0.146 e. The van der Waals surface area contributed by atoms with Crippen LogP contribution in [-0.4, -0.2) is 17.5 Å². The lowest BCUT2D eigenvalue weighted by Crippen LogP contribution is -2.48. The van der Waals surface area contributed by atoms with Gasteiger partial charge in [0.15, 0.2) is 0 Å². The van der Waals surface area contributed by atoms with Gasteiger partial charge in [0.1, 0.15) is 5.78 Å². The van der Waals surface area contributed by atoms with Gasteiger partial charge in [-0.1, -0.05) is 41.5 Å². The summed E-state index contributed by atoms with van der Waals surface area (Å²) >= 11 is 0. The molecule has 0 saturated carbocycles. The average Bonchev–Trinajstić information content (AvgIpc) is 1.97. The number of aliphatic hydroxyl groups is 1. The fourth-order valence-corrected chi connectivity index (χ4v) is 1.48. The third kappa shape index (κ3) is 2.35. The van der Waals surface area contributed by atoms with Gasteiger partial charge >= 0.3 is 0 Å². The fourth-order valence-electron chi connectivity index (χ4n) is 1.48. The van der Waals surface area contributed by atoms with Gasteiger partial charge in [-0.05, 0) is 12.3 Å². The number of carbonyl (C=O) groups excluding carboxylic acids is 1. The minimum Gasteiger partial charge on any atom is -0.395 e. The zero-order chi connectivity index (χ0) is 11.8. The van der Waals surface area contributed by atoms with Crippen LogP contribution in [0.5, 0.6) is 0 Å². The van der Waals surface area contributed by atoms with Crippen LogP contribution in [0.2, 0.25) is 0 Å². The van der Waals surface area contributed by atoms with Crippen LogP contribution < -0.4 is 0 Å². The Bertz CT molecular complexity index is 217. The summed E-state index contributed by atoms with van der Waals surface area (Å²) in [6.45, 7) is 13.4. The molecule has 14 heavy (non-hydrogen) atoms. The van der Waals surface area contributed by atoms with Crippen molar-refractivity contribution in [1.29, 1.82) is 0 Å². The number of rotatable bonds is 2. The summed E-state index contributed by atoms with van der Waals surface area (Å²) < 4.78 is 0. The standard InChI is InChI=1S/C12H24O2/c1-10(2,3)9(14)12(7,8-13)11(4,5)6/h13H,8H2,1-7H3. The first-order valence-electron chi connectivity index (χ1n) is 5.12. The molecule has 1 N–H and O–H groups in total. The highest BCUT2D eigenvalue weighted by Gasteiger charge is 2.47. The molecule has 0 aromatic rings. The Morgan fingerprint density at radius 2 is 1.36 bits per heavy atom. The molecule has 0 heterocycles. The summed E-state index contributed by atoms with van der Waals surface area (Å²) in [4.78, 5) is 12.2. The third-order valence-electron chi connectivity index (χ3n) is 3.15. The van der Waals surface area contributed by atoms with Gasteiger partial charge in [0.05, 0.1) is 12.0 Å². The molecule has 0 amide bonds. The van der Waals surface area contributed by atoms with Gasteiger partial charge in [-0.3, -0.25) is 4.79 Å². The van der Waals surface area contributed by atoms with Gasteiger partial charge in [0.25, 0.3) is 0 Å². The number of ketones is 1. The number of hydrogen-bond donors (Lipinski definition) is 1. The molecule has 0 saturated heterocycles. The summed E-state index contributed by atoms with van der Waals surface area (Å²) in [7, 11) is 0. The van der Waals surface area contributed by atoms with Crippen LogP contribution in [0.25, 0.3) is 0 Å². The summed E-state index contributed by atoms with van der Waals surface area (Å²) in [6, 6.07) is 0. The van der Waals surface area contributed by atoms with Crippen LogP contribution >= 0.6 is 0 Å². The van der Waals surface area contributed by atoms with E-state index in [1.807, 2.05) is 48.5 Å². The summed E-state index contributed by atoms with van der Waals surface area (Å²) in [5.74, 6) is 0.125. The Hall–Kier alpha value is -0.370. The van der Waals surface area contributed by atoms with Crippen molar-refractivity contribution in [2.24, 2.45) is 16.2 Å². The molecule has 0 bridgehead atoms. The topological polar surface area (TPSA) is 37.3 Å². The van der Waals surface area contributed by atoms with Crippen molar-refractivity contribution < 1.29 is 9.90 Å². The quantitative estimate of drug-likeness (QED) is 0.744. The monoisotopic (exact) mass is 200 g/mol. The largest absolute Gasteiger partial charge is 0.395 e. The Morgan fingerprint density at radius 1 is 1.00 bits per heavy atom. The minimum absolute atomic E-state index is 0.0907. The van der Waals surface area contributed by atoms with Crippen molar-refractivity contribution in [2.75, 3.05) is 6.61 Å². The second-order valence-corrected chi connectivity index (χ2v) is 6.32. The van der Waals surface area contributed by atoms with E-state index in [4.69, 9.17) is 0 Å². The lowest BCUT2D eigenvalue weighted by molar-refractivity contribution is -0.145. The van der Waals surface area contributed by atoms with E-state index in [0.29, 0.717) is 0 Å². The molecule has 84 valence electrons. The average molecular weight is 200 g/mol. The zero-order valence-electron chi connectivity index (χ0n) is 10.6. The maximum absolute atomic E-state index is 12.2. The summed E-state index contributed by atoms with van der Waals surface area (Å²) in [5, 5.41) is 9.43. The van der Waals surface area contributed by atoms with Gasteiger partial charge in [-0.15, -0.1) is 0 Å². The van der Waals surface area contributed by atoms with Gasteiger partial charge in [-0.25, -0.2) is 0 Å². The zero-order valence-corrected chi connectivity index (χ0v) is 10.6. The molecule has 0 fully saturated rings. The predicted octanol–water partition coefficient (Wildman–Crippen LogP) is 2.65. The van der Waals surface area contributed by atoms with E-state index in [-0.39, 0.29) is 17.8 Å². The molecule has 1 atom stereocenters. The van der Waals surface area contributed by atoms with Crippen molar-refractivity contribution in [3.8, 4) is 0 Å². The first-order valence-corrected chi connectivity index (χ1v) is 5.12. The predicted molar refractivity (Wildman–Crippen MR) is 59.1 cm³/mol. The molecule has 0 aliphatic rings. The molecule has 0 spiro atoms. The van der Waals surface area contributed by atoms with Gasteiger partial charge in [-0.2, -0.15) is 0 Å². The molecule has 0 aliphatic carbocycles. The molecule has 2 nitrogen and oxygen atoms in total. The number of aliphatic hydroxyl groups excluding tert-OH is 1. The third-order valence-corrected chi connectivity index (χ3v) is 3.15. The van der Waals surface area contributed by atoms with E-state index >= 15 is 0 Å². The molecule has 0 aromatic heterocycles. The first kappa shape index (κ1) is 13.6. The molecule has 1 unspecified atom stereocenters. The highest BCUT2D eigenvalue weighted by Crippen LogP contribution is 2.43. The van der Waals surface area contributed by atoms with Crippen molar-refractivity contribution in [1.82, 2.24) is 0 Å². The van der Waals surface area contributed by atoms with E-state index in [1.54, 1.807) is 0 Å². The Morgan fingerprint density at radius 3 is 1.43 bits per heavy atom. The number of carbonyl (C=O) groups is 1. The highest BCUT2D eigenvalue weighted by atomic mass is 16.3. The molecular formula is C12H24O2. The molecule has 0 rings (SSSR count). The van der Waals surface area contributed by atoms with Crippen LogP contribution in [0.4, 0.5) is 0 Å². The number of hydrogen-bond acceptors (Lipinski definition) is 2. The second-order valence-electron chi connectivity index (χ2n) is 6.32. The maximum atomic E-state index is 12.2. The lowest BCUT2D eigenvalue weighted by Gasteiger charge is -2.42. The van der Waals surface area contributed by atoms with E-state index in [1.165, 1.54) is 0 Å². The van der Waals surface area contributed by atoms with Gasteiger partial charge in [0, 0.05) is 5.41 Å². The van der Waals surface area contributed by atoms with Crippen LogP contribution in [0.15, 0.2) is 0 Å². The molecule has 0 radical (unpaired) electrons. The van der Waals surface area contributed by atoms with Gasteiger partial charge < -0.3 is 5.11 Å². The molecule has 2 heteroatoms. The van der Waals surface area contributed by atoms with Gasteiger partial charge in [0.2, 0.25) is 0 Å². The highest BCUT2D eigenvalue weighted by molar-refractivity contribution is 5.89. The SMILES string of the molecule is CC(C)(C)C(=O)C(C)(CO)C(C)(C)C. The van der Waals surface area contributed by atoms with Crippen LogP contribution in [0.3, 0.4) is 0 Å². The second kappa shape index (κ2) is 3.65. The lowest BCUT2D eigenvalue weighted by atomic mass is 9.61. The fraction of sp³-hybridized carbons (Fsp3) is 0.917. The minimum atomic E-state index is -0.661. The normalized spacial score (nSPS) is 17.7. The van der Waals surface area contributed by atoms with E-state index in [9.17, 15) is 9.90 Å². The Labute approximate surface area is 87.7 Å². The van der Waals surface area contributed by atoms with E-state index in [0.717, 1.165) is 0 Å². The van der Waals surface area contributed by atoms with Crippen molar-refractivity contribution >= 4 is 5.78 Å². The Balaban J connectivity index is 5.19. The van der Waals surface area contributed by atoms with E-state index < -0.39 is 10.8 Å². The van der Waals surface area contributed by atoms with Crippen LogP contribution in [0, 0.1) is 16.2 Å². The molecular weight excluding hydrogens is 176 g/mol. The summed E-state index contributed by atoms with van der Waals surface area (Å²) in [5.41, 5.74) is -1.28. The van der Waals surface area contributed by atoms with Crippen LogP contribution in [0.1, 0.15) is 48.5 Å². The van der Waals surface area contributed by atoms with Crippen LogP contribution in [-0.2, 0) is 4.79 Å².